The minimum Gasteiger partial charge on any atom is -0.536 e. The van der Waals surface area contributed by atoms with E-state index in [-0.39, 0.29) is 21.1 Å². The van der Waals surface area contributed by atoms with E-state index >= 15 is 0 Å². The van der Waals surface area contributed by atoms with E-state index in [1.807, 2.05) is 12.1 Å². The van der Waals surface area contributed by atoms with Crippen molar-refractivity contribution in [3.05, 3.63) is 73.1 Å². The fourth-order valence-corrected chi connectivity index (χ4v) is 3.39. The van der Waals surface area contributed by atoms with Crippen LogP contribution < -0.4 is 28.4 Å². The summed E-state index contributed by atoms with van der Waals surface area (Å²) < 4.78 is 31.6. The Bertz CT molecular complexity index is 1190. The number of pyridine rings is 2. The summed E-state index contributed by atoms with van der Waals surface area (Å²) in [6, 6.07) is 20.6. The molecule has 0 unspecified atom stereocenters. The van der Waals surface area contributed by atoms with Crippen molar-refractivity contribution in [1.82, 2.24) is 9.97 Å². The maximum atomic E-state index is 5.36. The van der Waals surface area contributed by atoms with Gasteiger partial charge in [0.05, 0.1) is 65.7 Å². The van der Waals surface area contributed by atoms with Crippen molar-refractivity contribution >= 4 is 0 Å². The zero-order chi connectivity index (χ0) is 25.9. The number of methoxy groups -OCH3 is 6. The van der Waals surface area contributed by atoms with Gasteiger partial charge in [0.1, 0.15) is 11.5 Å². The Morgan fingerprint density at radius 2 is 0.946 bits per heavy atom. The molecule has 4 aromatic rings. The van der Waals surface area contributed by atoms with Gasteiger partial charge in [0.25, 0.3) is 0 Å². The Morgan fingerprint density at radius 3 is 1.27 bits per heavy atom. The number of hydrogen-bond acceptors (Lipinski definition) is 8. The van der Waals surface area contributed by atoms with Gasteiger partial charge < -0.3 is 38.4 Å². The molecule has 0 spiro atoms. The maximum Gasteiger partial charge on any atom is 2.00 e. The summed E-state index contributed by atoms with van der Waals surface area (Å²) in [5, 5.41) is 0. The molecule has 0 bridgehead atoms. The van der Waals surface area contributed by atoms with E-state index in [2.05, 4.69) is 22.1 Å². The zero-order valence-electron chi connectivity index (χ0n) is 21.4. The van der Waals surface area contributed by atoms with Gasteiger partial charge >= 0.3 is 21.1 Å². The van der Waals surface area contributed by atoms with Crippen LogP contribution in [0.5, 0.6) is 34.5 Å². The van der Waals surface area contributed by atoms with Crippen LogP contribution in [0.1, 0.15) is 0 Å². The van der Waals surface area contributed by atoms with Crippen molar-refractivity contribution in [2.75, 3.05) is 42.7 Å². The number of hydrogen-bond donors (Lipinski definition) is 0. The van der Waals surface area contributed by atoms with Gasteiger partial charge in [0.2, 0.25) is 0 Å². The van der Waals surface area contributed by atoms with Gasteiger partial charge in [0, 0.05) is 12.4 Å². The van der Waals surface area contributed by atoms with Crippen LogP contribution in [0.25, 0.3) is 22.5 Å². The molecule has 0 N–H and O–H groups in total. The first kappa shape index (κ1) is 29.5. The summed E-state index contributed by atoms with van der Waals surface area (Å²) in [6.07, 6.45) is 3.36. The van der Waals surface area contributed by atoms with E-state index in [4.69, 9.17) is 28.4 Å². The van der Waals surface area contributed by atoms with Crippen LogP contribution in [0.4, 0.5) is 0 Å². The standard InChI is InChI=1S/2C14H14NO3.Pt/c2*1-16-10-7-8-15-12(9-10)11-5-4-6-13(17-2)14(11)18-3;/h2*4,6-9H,1-3H3;/q2*-1;+2. The van der Waals surface area contributed by atoms with Gasteiger partial charge in [-0.2, -0.15) is 0 Å². The van der Waals surface area contributed by atoms with Crippen LogP contribution in [-0.4, -0.2) is 52.6 Å². The van der Waals surface area contributed by atoms with Crippen molar-refractivity contribution in [2.24, 2.45) is 0 Å². The molecular weight excluding hydrogens is 655 g/mol. The fourth-order valence-electron chi connectivity index (χ4n) is 3.39. The molecule has 2 aromatic heterocycles. The van der Waals surface area contributed by atoms with Crippen molar-refractivity contribution < 1.29 is 49.5 Å². The summed E-state index contributed by atoms with van der Waals surface area (Å²) in [5.74, 6) is 3.99. The van der Waals surface area contributed by atoms with Crippen LogP contribution in [0.15, 0.2) is 60.9 Å². The minimum absolute atomic E-state index is 0. The molecule has 0 aliphatic carbocycles. The van der Waals surface area contributed by atoms with E-state index < -0.39 is 0 Å². The molecule has 0 atom stereocenters. The number of benzene rings is 2. The molecule has 0 saturated carbocycles. The summed E-state index contributed by atoms with van der Waals surface area (Å²) in [7, 11) is 9.61. The third kappa shape index (κ3) is 7.14. The molecule has 0 aliphatic rings. The number of rotatable bonds is 8. The van der Waals surface area contributed by atoms with Crippen molar-refractivity contribution in [2.45, 2.75) is 0 Å². The first-order valence-corrected chi connectivity index (χ1v) is 10.9. The van der Waals surface area contributed by atoms with E-state index in [0.29, 0.717) is 23.0 Å². The molecule has 0 radical (unpaired) electrons. The summed E-state index contributed by atoms with van der Waals surface area (Å²) in [5.41, 5.74) is 2.95. The quantitative estimate of drug-likeness (QED) is 0.236. The molecule has 196 valence electrons. The van der Waals surface area contributed by atoms with Gasteiger partial charge in [-0.15, -0.1) is 24.3 Å². The van der Waals surface area contributed by atoms with Gasteiger partial charge in [0.15, 0.2) is 0 Å². The van der Waals surface area contributed by atoms with E-state index in [1.54, 1.807) is 91.5 Å². The zero-order valence-corrected chi connectivity index (χ0v) is 23.7. The maximum absolute atomic E-state index is 5.36. The monoisotopic (exact) mass is 683 g/mol. The Balaban J connectivity index is 0.000000253. The summed E-state index contributed by atoms with van der Waals surface area (Å²) in [4.78, 5) is 8.59. The molecule has 0 amide bonds. The van der Waals surface area contributed by atoms with Crippen LogP contribution in [0, 0.1) is 12.1 Å². The van der Waals surface area contributed by atoms with Gasteiger partial charge in [-0.25, -0.2) is 0 Å². The third-order valence-corrected chi connectivity index (χ3v) is 5.12. The molecular formula is C28H28N2O6Pt. The minimum atomic E-state index is 0. The number of nitrogens with zero attached hydrogens (tertiary/aromatic N) is 2. The van der Waals surface area contributed by atoms with Gasteiger partial charge in [-0.3, -0.25) is 0 Å². The SMILES string of the molecule is COc1ccnc(-c2[c-]ccc(OC)c2OC)c1.COc1ccnc(-c2[c-]ccc(OC)c2OC)c1.[Pt+2]. The van der Waals surface area contributed by atoms with Crippen molar-refractivity contribution in [3.8, 4) is 57.0 Å². The number of ether oxygens (including phenoxy) is 6. The smallest absolute Gasteiger partial charge is 0.536 e. The first-order valence-electron chi connectivity index (χ1n) is 10.9. The van der Waals surface area contributed by atoms with Crippen LogP contribution in [0.2, 0.25) is 0 Å². The average molecular weight is 684 g/mol. The second-order valence-electron chi connectivity index (χ2n) is 7.07. The van der Waals surface area contributed by atoms with Gasteiger partial charge in [-0.05, 0) is 35.7 Å². The fraction of sp³-hybridized carbons (Fsp3) is 0.214. The molecule has 0 saturated heterocycles. The van der Waals surface area contributed by atoms with E-state index in [1.165, 1.54) is 0 Å². The molecule has 2 aromatic carbocycles. The average Bonchev–Trinajstić information content (AvgIpc) is 2.96. The van der Waals surface area contributed by atoms with Crippen LogP contribution in [0.3, 0.4) is 0 Å². The van der Waals surface area contributed by atoms with E-state index in [0.717, 1.165) is 34.0 Å². The Morgan fingerprint density at radius 1 is 0.541 bits per heavy atom. The Hall–Kier alpha value is -3.77. The summed E-state index contributed by atoms with van der Waals surface area (Å²) >= 11 is 0. The second-order valence-corrected chi connectivity index (χ2v) is 7.07. The molecule has 37 heavy (non-hydrogen) atoms. The Labute approximate surface area is 231 Å². The van der Waals surface area contributed by atoms with Crippen molar-refractivity contribution in [1.29, 1.82) is 0 Å². The van der Waals surface area contributed by atoms with E-state index in [9.17, 15) is 0 Å². The van der Waals surface area contributed by atoms with Crippen LogP contribution in [-0.2, 0) is 21.1 Å². The molecule has 0 fully saturated rings. The predicted octanol–water partition coefficient (Wildman–Crippen LogP) is 5.15. The first-order chi connectivity index (χ1) is 17.6. The van der Waals surface area contributed by atoms with Crippen LogP contribution >= 0.6 is 0 Å². The molecule has 9 heteroatoms. The van der Waals surface area contributed by atoms with Crippen molar-refractivity contribution in [3.63, 3.8) is 0 Å². The third-order valence-electron chi connectivity index (χ3n) is 5.12. The topological polar surface area (TPSA) is 81.2 Å². The second kappa shape index (κ2) is 14.7. The molecule has 4 rings (SSSR count). The predicted molar refractivity (Wildman–Crippen MR) is 136 cm³/mol. The Kier molecular flexibility index (Phi) is 11.7. The molecule has 8 nitrogen and oxygen atoms in total. The number of aromatic nitrogens is 2. The molecule has 0 aliphatic heterocycles. The largest absolute Gasteiger partial charge is 2.00 e. The summed E-state index contributed by atoms with van der Waals surface area (Å²) in [6.45, 7) is 0. The van der Waals surface area contributed by atoms with Gasteiger partial charge in [-0.1, -0.05) is 23.3 Å². The normalized spacial score (nSPS) is 9.68. The molecule has 2 heterocycles.